The third-order valence-electron chi connectivity index (χ3n) is 4.62. The van der Waals surface area contributed by atoms with Gasteiger partial charge < -0.3 is 4.90 Å². The van der Waals surface area contributed by atoms with E-state index in [0.29, 0.717) is 34.9 Å². The van der Waals surface area contributed by atoms with Crippen LogP contribution in [0.1, 0.15) is 28.8 Å². The Bertz CT molecular complexity index is 971. The van der Waals surface area contributed by atoms with Gasteiger partial charge in [0.05, 0.1) is 16.1 Å². The van der Waals surface area contributed by atoms with Gasteiger partial charge in [-0.3, -0.25) is 9.52 Å². The van der Waals surface area contributed by atoms with Crippen LogP contribution in [0.2, 0.25) is 5.02 Å². The van der Waals surface area contributed by atoms with Gasteiger partial charge in [-0.05, 0) is 61.9 Å². The van der Waals surface area contributed by atoms with E-state index in [0.717, 1.165) is 17.7 Å². The fourth-order valence-corrected chi connectivity index (χ4v) is 4.93. The van der Waals surface area contributed by atoms with Gasteiger partial charge in [0.25, 0.3) is 15.9 Å². The third-order valence-corrected chi connectivity index (χ3v) is 7.19. The first-order chi connectivity index (χ1) is 12.8. The lowest BCUT2D eigenvalue weighted by Crippen LogP contribution is -2.28. The lowest BCUT2D eigenvalue weighted by molar-refractivity contribution is 0.0789. The first kappa shape index (κ1) is 20.0. The Labute approximate surface area is 169 Å². The van der Waals surface area contributed by atoms with E-state index in [9.17, 15) is 13.2 Å². The summed E-state index contributed by atoms with van der Waals surface area (Å²) in [4.78, 5) is 15.4. The van der Waals surface area contributed by atoms with Crippen LogP contribution in [-0.4, -0.2) is 38.6 Å². The molecule has 2 aromatic rings. The number of hydrogen-bond donors (Lipinski definition) is 1. The molecule has 8 heteroatoms. The van der Waals surface area contributed by atoms with Gasteiger partial charge in [-0.1, -0.05) is 17.7 Å². The van der Waals surface area contributed by atoms with Gasteiger partial charge >= 0.3 is 0 Å². The average molecular weight is 425 g/mol. The number of amides is 1. The molecule has 1 saturated heterocycles. The van der Waals surface area contributed by atoms with Crippen molar-refractivity contribution >= 4 is 45.0 Å². The summed E-state index contributed by atoms with van der Waals surface area (Å²) in [5.74, 6) is -0.118. The van der Waals surface area contributed by atoms with E-state index >= 15 is 0 Å². The van der Waals surface area contributed by atoms with E-state index in [1.165, 1.54) is 23.9 Å². The highest BCUT2D eigenvalue weighted by Gasteiger charge is 2.24. The predicted molar refractivity (Wildman–Crippen MR) is 110 cm³/mol. The molecule has 0 aliphatic carbocycles. The molecule has 5 nitrogen and oxygen atoms in total. The van der Waals surface area contributed by atoms with Crippen LogP contribution in [0, 0.1) is 6.92 Å². The molecule has 0 spiro atoms. The number of thioether (sulfide) groups is 1. The summed E-state index contributed by atoms with van der Waals surface area (Å²) in [7, 11) is -3.85. The lowest BCUT2D eigenvalue weighted by atomic mass is 10.2. The highest BCUT2D eigenvalue weighted by atomic mass is 35.5. The molecule has 1 fully saturated rings. The van der Waals surface area contributed by atoms with Crippen molar-refractivity contribution in [2.75, 3.05) is 24.1 Å². The molecule has 0 unspecified atom stereocenters. The van der Waals surface area contributed by atoms with Crippen LogP contribution in [0.15, 0.2) is 46.2 Å². The van der Waals surface area contributed by atoms with Crippen molar-refractivity contribution in [2.45, 2.75) is 29.6 Å². The van der Waals surface area contributed by atoms with Gasteiger partial charge in [-0.15, -0.1) is 11.8 Å². The normalized spacial score (nSPS) is 14.4. The molecular weight excluding hydrogens is 404 g/mol. The summed E-state index contributed by atoms with van der Waals surface area (Å²) < 4.78 is 28.3. The molecule has 1 aliphatic heterocycles. The quantitative estimate of drug-likeness (QED) is 0.722. The Morgan fingerprint density at radius 1 is 1.19 bits per heavy atom. The average Bonchev–Trinajstić information content (AvgIpc) is 3.19. The number of sulfonamides is 1. The number of rotatable bonds is 5. The summed E-state index contributed by atoms with van der Waals surface area (Å²) in [6.45, 7) is 3.17. The van der Waals surface area contributed by atoms with Crippen molar-refractivity contribution in [3.05, 3.63) is 52.5 Å². The smallest absolute Gasteiger partial charge is 0.261 e. The van der Waals surface area contributed by atoms with Crippen LogP contribution in [-0.2, 0) is 10.0 Å². The van der Waals surface area contributed by atoms with Gasteiger partial charge in [-0.25, -0.2) is 8.42 Å². The Balaban J connectivity index is 1.97. The Morgan fingerprint density at radius 2 is 1.89 bits per heavy atom. The van der Waals surface area contributed by atoms with Gasteiger partial charge in [0.2, 0.25) is 0 Å². The number of benzene rings is 2. The molecule has 0 radical (unpaired) electrons. The van der Waals surface area contributed by atoms with Gasteiger partial charge in [0.1, 0.15) is 0 Å². The van der Waals surface area contributed by atoms with E-state index in [-0.39, 0.29) is 10.8 Å². The fourth-order valence-electron chi connectivity index (χ4n) is 3.03. The van der Waals surface area contributed by atoms with Crippen molar-refractivity contribution in [3.8, 4) is 0 Å². The monoisotopic (exact) mass is 424 g/mol. The summed E-state index contributed by atoms with van der Waals surface area (Å²) >= 11 is 7.51. The molecule has 1 N–H and O–H groups in total. The van der Waals surface area contributed by atoms with E-state index in [2.05, 4.69) is 4.72 Å². The first-order valence-corrected chi connectivity index (χ1v) is 11.7. The van der Waals surface area contributed by atoms with Gasteiger partial charge in [0.15, 0.2) is 0 Å². The molecule has 0 atom stereocenters. The van der Waals surface area contributed by atoms with Crippen LogP contribution >= 0.6 is 23.4 Å². The minimum atomic E-state index is -3.85. The second-order valence-electron chi connectivity index (χ2n) is 6.38. The number of halogens is 1. The van der Waals surface area contributed by atoms with Crippen molar-refractivity contribution < 1.29 is 13.2 Å². The van der Waals surface area contributed by atoms with Crippen LogP contribution < -0.4 is 4.72 Å². The maximum absolute atomic E-state index is 12.9. The number of anilines is 1. The number of carbonyl (C=O) groups is 1. The summed E-state index contributed by atoms with van der Waals surface area (Å²) in [6.07, 6.45) is 3.83. The van der Waals surface area contributed by atoms with Crippen LogP contribution in [0.25, 0.3) is 0 Å². The van der Waals surface area contributed by atoms with Crippen molar-refractivity contribution in [1.29, 1.82) is 0 Å². The molecule has 144 valence electrons. The van der Waals surface area contributed by atoms with Crippen LogP contribution in [0.3, 0.4) is 0 Å². The zero-order valence-electron chi connectivity index (χ0n) is 15.2. The summed E-state index contributed by atoms with van der Waals surface area (Å²) in [5, 5.41) is 0.484. The molecule has 0 bridgehead atoms. The largest absolute Gasteiger partial charge is 0.339 e. The SMILES string of the molecule is CSc1ccc(S(=O)(=O)Nc2cccc(Cl)c2C)cc1C(=O)N1CCCC1. The highest BCUT2D eigenvalue weighted by molar-refractivity contribution is 7.98. The van der Waals surface area contributed by atoms with E-state index in [1.807, 2.05) is 6.26 Å². The summed E-state index contributed by atoms with van der Waals surface area (Å²) in [5.41, 5.74) is 1.50. The molecule has 1 amide bonds. The fraction of sp³-hybridized carbons (Fsp3) is 0.316. The number of nitrogens with one attached hydrogen (secondary N) is 1. The minimum absolute atomic E-state index is 0.0576. The number of hydrogen-bond acceptors (Lipinski definition) is 4. The minimum Gasteiger partial charge on any atom is -0.339 e. The zero-order valence-corrected chi connectivity index (χ0v) is 17.5. The van der Waals surface area contributed by atoms with Crippen LogP contribution in [0.4, 0.5) is 5.69 Å². The summed E-state index contributed by atoms with van der Waals surface area (Å²) in [6, 6.07) is 9.73. The molecule has 0 aromatic heterocycles. The number of likely N-dealkylation sites (tertiary alicyclic amines) is 1. The zero-order chi connectivity index (χ0) is 19.6. The first-order valence-electron chi connectivity index (χ1n) is 8.59. The topological polar surface area (TPSA) is 66.5 Å². The number of nitrogens with zero attached hydrogens (tertiary/aromatic N) is 1. The molecule has 27 heavy (non-hydrogen) atoms. The van der Waals surface area contributed by atoms with Crippen molar-refractivity contribution in [3.63, 3.8) is 0 Å². The predicted octanol–water partition coefficient (Wildman–Crippen LogP) is 4.41. The lowest BCUT2D eigenvalue weighted by Gasteiger charge is -2.18. The Hall–Kier alpha value is -1.70. The van der Waals surface area contributed by atoms with E-state index in [4.69, 9.17) is 11.6 Å². The molecule has 0 saturated carbocycles. The molecule has 3 rings (SSSR count). The van der Waals surface area contributed by atoms with E-state index in [1.54, 1.807) is 36.1 Å². The van der Waals surface area contributed by atoms with Gasteiger partial charge in [-0.2, -0.15) is 0 Å². The Kier molecular flexibility index (Phi) is 6.03. The second kappa shape index (κ2) is 8.12. The van der Waals surface area contributed by atoms with Crippen molar-refractivity contribution in [1.82, 2.24) is 4.90 Å². The third kappa shape index (κ3) is 4.25. The molecular formula is C19H21ClN2O3S2. The Morgan fingerprint density at radius 3 is 2.56 bits per heavy atom. The maximum Gasteiger partial charge on any atom is 0.261 e. The molecule has 2 aromatic carbocycles. The van der Waals surface area contributed by atoms with Gasteiger partial charge in [0, 0.05) is 23.0 Å². The molecule has 1 heterocycles. The standard InChI is InChI=1S/C19H21ClN2O3S2/c1-13-16(20)6-5-7-17(13)21-27(24,25)14-8-9-18(26-2)15(12-14)19(23)22-10-3-4-11-22/h5-9,12,21H,3-4,10-11H2,1-2H3. The highest BCUT2D eigenvalue weighted by Crippen LogP contribution is 2.29. The molecule has 1 aliphatic rings. The number of carbonyl (C=O) groups excluding carboxylic acids is 1. The maximum atomic E-state index is 12.9. The van der Waals surface area contributed by atoms with Crippen LogP contribution in [0.5, 0.6) is 0 Å². The second-order valence-corrected chi connectivity index (χ2v) is 9.32. The van der Waals surface area contributed by atoms with E-state index < -0.39 is 10.0 Å². The van der Waals surface area contributed by atoms with Crippen molar-refractivity contribution in [2.24, 2.45) is 0 Å².